The Bertz CT molecular complexity index is 1550. The monoisotopic (exact) mass is 577 g/mol. The molecule has 0 bridgehead atoms. The maximum atomic E-state index is 16.4. The van der Waals surface area contributed by atoms with Crippen molar-refractivity contribution in [3.63, 3.8) is 0 Å². The van der Waals surface area contributed by atoms with E-state index in [-0.39, 0.29) is 45.9 Å². The highest BCUT2D eigenvalue weighted by Gasteiger charge is 2.35. The van der Waals surface area contributed by atoms with Crippen LogP contribution >= 0.6 is 22.9 Å². The maximum absolute atomic E-state index is 16.4. The highest BCUT2D eigenvalue weighted by atomic mass is 35.5. The van der Waals surface area contributed by atoms with Gasteiger partial charge in [-0.1, -0.05) is 35.1 Å². The number of likely N-dealkylation sites (N-methyl/N-ethyl adjacent to an activating group) is 1. The number of thiazole rings is 1. The molecule has 0 unspecified atom stereocenters. The lowest BCUT2D eigenvalue weighted by atomic mass is 10.0. The summed E-state index contributed by atoms with van der Waals surface area (Å²) in [6.07, 6.45) is 2.00. The average Bonchev–Trinajstić information content (AvgIpc) is 3.43. The molecule has 0 spiro atoms. The number of nitrogen functional groups attached to an aromatic ring is 1. The molecule has 2 saturated heterocycles. The molecule has 1 atom stereocenters. The number of hydrogen-bond donors (Lipinski definition) is 2. The third kappa shape index (κ3) is 5.06. The zero-order valence-electron chi connectivity index (χ0n) is 21.2. The van der Waals surface area contributed by atoms with Gasteiger partial charge in [0, 0.05) is 35.6 Å². The van der Waals surface area contributed by atoms with Crippen LogP contribution in [-0.2, 0) is 0 Å². The molecule has 13 heteroatoms. The van der Waals surface area contributed by atoms with E-state index < -0.39 is 24.8 Å². The van der Waals surface area contributed by atoms with E-state index in [0.29, 0.717) is 29.4 Å². The van der Waals surface area contributed by atoms with E-state index >= 15 is 4.39 Å². The number of ether oxygens (including phenoxy) is 1. The molecule has 2 aromatic carbocycles. The Balaban J connectivity index is 1.51. The van der Waals surface area contributed by atoms with Gasteiger partial charge in [0.15, 0.2) is 10.9 Å². The summed E-state index contributed by atoms with van der Waals surface area (Å²) >= 11 is 7.97. The molecule has 0 amide bonds. The number of benzene rings is 2. The fourth-order valence-electron chi connectivity index (χ4n) is 5.32. The van der Waals surface area contributed by atoms with Crippen LogP contribution in [0.5, 0.6) is 6.01 Å². The number of hydrogen-bond acceptors (Lipinski definition) is 9. The molecule has 0 aliphatic carbocycles. The molecule has 0 radical (unpaired) electrons. The number of nitrogens with two attached hydrogens (primary N) is 1. The first-order valence-electron chi connectivity index (χ1n) is 12.7. The van der Waals surface area contributed by atoms with Crippen molar-refractivity contribution in [2.45, 2.75) is 24.8 Å². The van der Waals surface area contributed by atoms with E-state index in [1.54, 1.807) is 12.1 Å². The average molecular weight is 578 g/mol. The van der Waals surface area contributed by atoms with Crippen LogP contribution in [0.1, 0.15) is 12.8 Å². The Morgan fingerprint density at radius 1 is 1.23 bits per heavy atom. The standard InChI is InChI=1S/C26H27ClF3N7OS/c1-36-8-3-4-14(36)11-38-25-34-22-16(23(35-25)37-9-7-32-12-26(29,30)13-37)10-17(27)19(20(22)28)15-5-2-6-18-21(15)33-24(31)39-18/h2,5-6,10,14,32H,3-4,7-9,11-13H2,1H3,(H2,31,33)/t14-/m0/s1. The number of aromatic nitrogens is 3. The van der Waals surface area contributed by atoms with Crippen LogP contribution in [0.15, 0.2) is 24.3 Å². The summed E-state index contributed by atoms with van der Waals surface area (Å²) in [6.45, 7) is 0.769. The predicted molar refractivity (Wildman–Crippen MR) is 149 cm³/mol. The van der Waals surface area contributed by atoms with Gasteiger partial charge in [-0.15, -0.1) is 0 Å². The fourth-order valence-corrected chi connectivity index (χ4v) is 6.38. The topological polar surface area (TPSA) is 92.4 Å². The van der Waals surface area contributed by atoms with Gasteiger partial charge in [-0.3, -0.25) is 0 Å². The van der Waals surface area contributed by atoms with Crippen LogP contribution < -0.4 is 20.7 Å². The maximum Gasteiger partial charge on any atom is 0.319 e. The minimum atomic E-state index is -3.01. The molecule has 2 fully saturated rings. The van der Waals surface area contributed by atoms with Crippen molar-refractivity contribution in [3.8, 4) is 17.1 Å². The van der Waals surface area contributed by atoms with E-state index in [4.69, 9.17) is 22.1 Å². The fraction of sp³-hybridized carbons (Fsp3) is 0.423. The van der Waals surface area contributed by atoms with Gasteiger partial charge in [-0.25, -0.2) is 18.2 Å². The summed E-state index contributed by atoms with van der Waals surface area (Å²) in [7, 11) is 2.01. The van der Waals surface area contributed by atoms with E-state index in [2.05, 4.69) is 25.2 Å². The van der Waals surface area contributed by atoms with Crippen molar-refractivity contribution < 1.29 is 17.9 Å². The number of halogens is 4. The summed E-state index contributed by atoms with van der Waals surface area (Å²) in [5.41, 5.74) is 6.95. The molecule has 6 rings (SSSR count). The summed E-state index contributed by atoms with van der Waals surface area (Å²) in [6, 6.07) is 6.97. The summed E-state index contributed by atoms with van der Waals surface area (Å²) in [5.74, 6) is -3.56. The van der Waals surface area contributed by atoms with Crippen LogP contribution in [0.25, 0.3) is 32.2 Å². The van der Waals surface area contributed by atoms with Gasteiger partial charge in [0.25, 0.3) is 5.92 Å². The first-order valence-corrected chi connectivity index (χ1v) is 13.9. The molecule has 2 aliphatic rings. The Hall–Kier alpha value is -2.93. The highest BCUT2D eigenvalue weighted by Crippen LogP contribution is 2.42. The molecule has 3 N–H and O–H groups in total. The number of likely N-dealkylation sites (tertiary alicyclic amines) is 1. The van der Waals surface area contributed by atoms with E-state index in [1.165, 1.54) is 22.3 Å². The Morgan fingerprint density at radius 3 is 2.87 bits per heavy atom. The molecule has 4 aromatic rings. The first-order chi connectivity index (χ1) is 18.7. The zero-order valence-corrected chi connectivity index (χ0v) is 22.8. The van der Waals surface area contributed by atoms with E-state index in [0.717, 1.165) is 24.1 Å². The van der Waals surface area contributed by atoms with Gasteiger partial charge in [0.05, 0.1) is 28.3 Å². The largest absolute Gasteiger partial charge is 0.462 e. The van der Waals surface area contributed by atoms with Crippen molar-refractivity contribution in [1.82, 2.24) is 25.2 Å². The van der Waals surface area contributed by atoms with Gasteiger partial charge in [0.2, 0.25) is 0 Å². The number of fused-ring (bicyclic) bond motifs is 2. The number of nitrogens with one attached hydrogen (secondary N) is 1. The van der Waals surface area contributed by atoms with Crippen LogP contribution in [0.4, 0.5) is 24.1 Å². The number of para-hydroxylation sites is 1. The van der Waals surface area contributed by atoms with Gasteiger partial charge >= 0.3 is 6.01 Å². The van der Waals surface area contributed by atoms with Crippen molar-refractivity contribution in [1.29, 1.82) is 0 Å². The molecular formula is C26H27ClF3N7OS. The third-order valence-electron chi connectivity index (χ3n) is 7.29. The minimum absolute atomic E-state index is 0.0603. The number of rotatable bonds is 5. The second-order valence-electron chi connectivity index (χ2n) is 10.0. The summed E-state index contributed by atoms with van der Waals surface area (Å²) in [4.78, 5) is 16.9. The second-order valence-corrected chi connectivity index (χ2v) is 11.5. The van der Waals surface area contributed by atoms with E-state index in [9.17, 15) is 8.78 Å². The quantitative estimate of drug-likeness (QED) is 0.350. The first kappa shape index (κ1) is 26.3. The molecule has 39 heavy (non-hydrogen) atoms. The van der Waals surface area contributed by atoms with Crippen molar-refractivity contribution in [3.05, 3.63) is 35.1 Å². The normalized spacial score (nSPS) is 20.1. The van der Waals surface area contributed by atoms with Gasteiger partial charge < -0.3 is 25.6 Å². The Kier molecular flexibility index (Phi) is 6.90. The number of nitrogens with zero attached hydrogens (tertiary/aromatic N) is 5. The molecule has 8 nitrogen and oxygen atoms in total. The molecule has 4 heterocycles. The lowest BCUT2D eigenvalue weighted by Gasteiger charge is -2.26. The molecule has 0 saturated carbocycles. The summed E-state index contributed by atoms with van der Waals surface area (Å²) in [5, 5.41) is 3.42. The molecular weight excluding hydrogens is 551 g/mol. The second kappa shape index (κ2) is 10.2. The lowest BCUT2D eigenvalue weighted by molar-refractivity contribution is 0.0156. The van der Waals surface area contributed by atoms with Crippen LogP contribution in [0.2, 0.25) is 5.02 Å². The van der Waals surface area contributed by atoms with Crippen LogP contribution in [0.3, 0.4) is 0 Å². The van der Waals surface area contributed by atoms with Crippen molar-refractivity contribution in [2.75, 3.05) is 57.0 Å². The minimum Gasteiger partial charge on any atom is -0.462 e. The predicted octanol–water partition coefficient (Wildman–Crippen LogP) is 4.80. The van der Waals surface area contributed by atoms with Crippen molar-refractivity contribution >= 4 is 55.0 Å². The van der Waals surface area contributed by atoms with Gasteiger partial charge in [-0.05, 0) is 38.6 Å². The Morgan fingerprint density at radius 2 is 2.08 bits per heavy atom. The zero-order chi connectivity index (χ0) is 27.3. The van der Waals surface area contributed by atoms with Crippen molar-refractivity contribution in [2.24, 2.45) is 0 Å². The van der Waals surface area contributed by atoms with Gasteiger partial charge in [-0.2, -0.15) is 9.97 Å². The van der Waals surface area contributed by atoms with Gasteiger partial charge in [0.1, 0.15) is 17.9 Å². The summed E-state index contributed by atoms with van der Waals surface area (Å²) < 4.78 is 52.4. The molecule has 206 valence electrons. The van der Waals surface area contributed by atoms with Crippen LogP contribution in [-0.4, -0.2) is 78.2 Å². The lowest BCUT2D eigenvalue weighted by Crippen LogP contribution is -2.39. The Labute approximate surface area is 231 Å². The smallest absolute Gasteiger partial charge is 0.319 e. The van der Waals surface area contributed by atoms with E-state index in [1.807, 2.05) is 13.1 Å². The SMILES string of the molecule is CN1CCC[C@H]1COc1nc(N2CCNCC(F)(F)C2)c2cc(Cl)c(-c3cccc4sc(N)nc34)c(F)c2n1. The highest BCUT2D eigenvalue weighted by molar-refractivity contribution is 7.22. The van der Waals surface area contributed by atoms with Crippen LogP contribution in [0, 0.1) is 5.82 Å². The number of alkyl halides is 2. The molecule has 2 aromatic heterocycles. The molecule has 2 aliphatic heterocycles. The number of anilines is 2. The third-order valence-corrected chi connectivity index (χ3v) is 8.44.